The highest BCUT2D eigenvalue weighted by Crippen LogP contribution is 2.34. The number of aryl methyl sites for hydroxylation is 1. The molecule has 1 unspecified atom stereocenters. The fourth-order valence-corrected chi connectivity index (χ4v) is 2.19. The lowest BCUT2D eigenvalue weighted by Gasteiger charge is -2.10. The number of fused-ring (bicyclic) bond motifs is 1. The summed E-state index contributed by atoms with van der Waals surface area (Å²) in [5.74, 6) is 1.45. The minimum atomic E-state index is 0.665. The molecule has 0 bridgehead atoms. The van der Waals surface area contributed by atoms with E-state index in [1.807, 2.05) is 13.8 Å². The van der Waals surface area contributed by atoms with Crippen molar-refractivity contribution in [1.82, 2.24) is 0 Å². The first-order valence-electron chi connectivity index (χ1n) is 6.31. The summed E-state index contributed by atoms with van der Waals surface area (Å²) in [6.07, 6.45) is 2.63. The summed E-state index contributed by atoms with van der Waals surface area (Å²) in [4.78, 5) is 0. The minimum Gasteiger partial charge on any atom is -0.0683 e. The van der Waals surface area contributed by atoms with Crippen LogP contribution in [0.25, 0.3) is 0 Å². The Hall–Kier alpha value is -0.780. The summed E-state index contributed by atoms with van der Waals surface area (Å²) in [5, 5.41) is 0. The first kappa shape index (κ1) is 12.3. The van der Waals surface area contributed by atoms with E-state index in [4.69, 9.17) is 0 Å². The second-order valence-electron chi connectivity index (χ2n) is 4.55. The molecule has 1 aromatic carbocycles. The Balaban J connectivity index is 0.000000531. The molecule has 1 aliphatic rings. The maximum Gasteiger partial charge on any atom is -0.0184 e. The third-order valence-electron chi connectivity index (χ3n) is 3.21. The van der Waals surface area contributed by atoms with Crippen LogP contribution < -0.4 is 0 Å². The van der Waals surface area contributed by atoms with Crippen LogP contribution in [0.5, 0.6) is 0 Å². The van der Waals surface area contributed by atoms with Crippen molar-refractivity contribution in [3.05, 3.63) is 34.9 Å². The Morgan fingerprint density at radius 1 is 1.20 bits per heavy atom. The van der Waals surface area contributed by atoms with Crippen LogP contribution in [0, 0.1) is 0 Å². The quantitative estimate of drug-likeness (QED) is 0.611. The second-order valence-corrected chi connectivity index (χ2v) is 4.55. The molecule has 84 valence electrons. The van der Waals surface area contributed by atoms with Gasteiger partial charge in [-0.15, -0.1) is 0 Å². The molecule has 0 spiro atoms. The van der Waals surface area contributed by atoms with Crippen LogP contribution in [-0.2, 0) is 6.42 Å². The third kappa shape index (κ3) is 2.62. The lowest BCUT2D eigenvalue weighted by atomic mass is 9.96. The van der Waals surface area contributed by atoms with Gasteiger partial charge in [-0.2, -0.15) is 0 Å². The first-order chi connectivity index (χ1) is 7.18. The van der Waals surface area contributed by atoms with E-state index in [-0.39, 0.29) is 0 Å². The van der Waals surface area contributed by atoms with Crippen molar-refractivity contribution in [3.63, 3.8) is 0 Å². The van der Waals surface area contributed by atoms with Gasteiger partial charge in [0.2, 0.25) is 0 Å². The summed E-state index contributed by atoms with van der Waals surface area (Å²) < 4.78 is 0. The molecule has 1 atom stereocenters. The number of hydrogen-bond acceptors (Lipinski definition) is 0. The zero-order valence-corrected chi connectivity index (χ0v) is 10.8. The van der Waals surface area contributed by atoms with E-state index >= 15 is 0 Å². The maximum atomic E-state index is 2.41. The highest BCUT2D eigenvalue weighted by atomic mass is 14.2. The molecule has 0 heteroatoms. The van der Waals surface area contributed by atoms with E-state index in [1.54, 1.807) is 11.1 Å². The van der Waals surface area contributed by atoms with E-state index < -0.39 is 0 Å². The maximum absolute atomic E-state index is 2.41. The normalized spacial score (nSPS) is 18.4. The molecular formula is C15H24. The fourth-order valence-electron chi connectivity index (χ4n) is 2.19. The van der Waals surface area contributed by atoms with Crippen molar-refractivity contribution < 1.29 is 0 Å². The molecule has 0 nitrogen and oxygen atoms in total. The van der Waals surface area contributed by atoms with Gasteiger partial charge in [-0.1, -0.05) is 52.8 Å². The lowest BCUT2D eigenvalue weighted by molar-refractivity contribution is 0.745. The second kappa shape index (κ2) is 5.34. The lowest BCUT2D eigenvalue weighted by Crippen LogP contribution is -1.92. The largest absolute Gasteiger partial charge is 0.0683 e. The van der Waals surface area contributed by atoms with Crippen LogP contribution in [0.1, 0.15) is 69.6 Å². The SMILES string of the molecule is CC.CC(C)c1ccc2c(c1)C(C)CC2. The summed E-state index contributed by atoms with van der Waals surface area (Å²) in [5.41, 5.74) is 4.68. The predicted molar refractivity (Wildman–Crippen MR) is 68.6 cm³/mol. The topological polar surface area (TPSA) is 0 Å². The number of benzene rings is 1. The molecule has 1 aliphatic carbocycles. The Kier molecular flexibility index (Phi) is 4.38. The predicted octanol–water partition coefficient (Wildman–Crippen LogP) is 4.89. The molecule has 0 heterocycles. The molecular weight excluding hydrogens is 180 g/mol. The fraction of sp³-hybridized carbons (Fsp3) is 0.600. The van der Waals surface area contributed by atoms with Gasteiger partial charge in [0, 0.05) is 0 Å². The molecule has 0 amide bonds. The highest BCUT2D eigenvalue weighted by molar-refractivity contribution is 5.38. The molecule has 2 rings (SSSR count). The van der Waals surface area contributed by atoms with Gasteiger partial charge in [0.15, 0.2) is 0 Å². The number of hydrogen-bond donors (Lipinski definition) is 0. The summed E-state index contributed by atoms with van der Waals surface area (Å²) in [6, 6.07) is 7.04. The van der Waals surface area contributed by atoms with Crippen molar-refractivity contribution in [2.24, 2.45) is 0 Å². The van der Waals surface area contributed by atoms with Crippen LogP contribution in [0.3, 0.4) is 0 Å². The Morgan fingerprint density at radius 3 is 2.47 bits per heavy atom. The summed E-state index contributed by atoms with van der Waals surface area (Å²) in [6.45, 7) is 10.9. The zero-order valence-electron chi connectivity index (χ0n) is 10.8. The van der Waals surface area contributed by atoms with Crippen LogP contribution in [0.4, 0.5) is 0 Å². The van der Waals surface area contributed by atoms with Gasteiger partial charge in [-0.05, 0) is 41.4 Å². The van der Waals surface area contributed by atoms with Crippen LogP contribution >= 0.6 is 0 Å². The van der Waals surface area contributed by atoms with Crippen molar-refractivity contribution >= 4 is 0 Å². The average Bonchev–Trinajstić information content (AvgIpc) is 2.63. The molecule has 0 radical (unpaired) electrons. The van der Waals surface area contributed by atoms with E-state index in [0.29, 0.717) is 5.92 Å². The molecule has 0 aliphatic heterocycles. The molecule has 15 heavy (non-hydrogen) atoms. The van der Waals surface area contributed by atoms with E-state index in [2.05, 4.69) is 39.0 Å². The monoisotopic (exact) mass is 204 g/mol. The van der Waals surface area contributed by atoms with Crippen LogP contribution in [0.2, 0.25) is 0 Å². The molecule has 0 aromatic heterocycles. The Bertz CT molecular complexity index is 310. The Morgan fingerprint density at radius 2 is 1.87 bits per heavy atom. The van der Waals surface area contributed by atoms with Gasteiger partial charge >= 0.3 is 0 Å². The molecule has 1 aromatic rings. The van der Waals surface area contributed by atoms with Gasteiger partial charge in [0.05, 0.1) is 0 Å². The Labute approximate surface area is 94.7 Å². The molecule has 0 N–H and O–H groups in total. The van der Waals surface area contributed by atoms with E-state index in [9.17, 15) is 0 Å². The van der Waals surface area contributed by atoms with Gasteiger partial charge < -0.3 is 0 Å². The average molecular weight is 204 g/mol. The van der Waals surface area contributed by atoms with Crippen molar-refractivity contribution in [3.8, 4) is 0 Å². The van der Waals surface area contributed by atoms with Gasteiger partial charge in [0.1, 0.15) is 0 Å². The summed E-state index contributed by atoms with van der Waals surface area (Å²) >= 11 is 0. The van der Waals surface area contributed by atoms with Crippen molar-refractivity contribution in [2.75, 3.05) is 0 Å². The van der Waals surface area contributed by atoms with Crippen LogP contribution in [0.15, 0.2) is 18.2 Å². The molecule has 0 fully saturated rings. The van der Waals surface area contributed by atoms with Crippen molar-refractivity contribution in [2.45, 2.75) is 59.3 Å². The number of rotatable bonds is 1. The smallest absolute Gasteiger partial charge is 0.0184 e. The standard InChI is InChI=1S/C13H18.C2H6/c1-9(2)12-7-6-11-5-4-10(3)13(11)8-12;1-2/h6-10H,4-5H2,1-3H3;1-2H3. The first-order valence-corrected chi connectivity index (χ1v) is 6.31. The van der Waals surface area contributed by atoms with Gasteiger partial charge in [-0.3, -0.25) is 0 Å². The van der Waals surface area contributed by atoms with E-state index in [0.717, 1.165) is 5.92 Å². The zero-order chi connectivity index (χ0) is 11.4. The van der Waals surface area contributed by atoms with Gasteiger partial charge in [0.25, 0.3) is 0 Å². The third-order valence-corrected chi connectivity index (χ3v) is 3.21. The van der Waals surface area contributed by atoms with Gasteiger partial charge in [-0.25, -0.2) is 0 Å². The minimum absolute atomic E-state index is 0.665. The van der Waals surface area contributed by atoms with E-state index in [1.165, 1.54) is 18.4 Å². The molecule has 0 saturated heterocycles. The molecule has 0 saturated carbocycles. The highest BCUT2D eigenvalue weighted by Gasteiger charge is 2.18. The van der Waals surface area contributed by atoms with Crippen molar-refractivity contribution in [1.29, 1.82) is 0 Å². The summed E-state index contributed by atoms with van der Waals surface area (Å²) in [7, 11) is 0. The van der Waals surface area contributed by atoms with Crippen LogP contribution in [-0.4, -0.2) is 0 Å².